The van der Waals surface area contributed by atoms with E-state index in [1.807, 2.05) is 38.1 Å². The van der Waals surface area contributed by atoms with E-state index in [0.29, 0.717) is 44.0 Å². The number of aromatic nitrogens is 2. The van der Waals surface area contributed by atoms with Crippen LogP contribution in [0.5, 0.6) is 0 Å². The summed E-state index contributed by atoms with van der Waals surface area (Å²) in [5.74, 6) is 0.181. The molecular weight excluding hydrogens is 508 g/mol. The van der Waals surface area contributed by atoms with Crippen LogP contribution in [0.4, 0.5) is 10.6 Å². The summed E-state index contributed by atoms with van der Waals surface area (Å²) in [7, 11) is 0. The van der Waals surface area contributed by atoms with Crippen LogP contribution in [0.15, 0.2) is 41.3 Å². The number of amides is 3. The third kappa shape index (κ3) is 7.89. The van der Waals surface area contributed by atoms with Crippen molar-refractivity contribution >= 4 is 17.8 Å². The van der Waals surface area contributed by atoms with Crippen LogP contribution in [0.1, 0.15) is 58.4 Å². The first kappa shape index (κ1) is 29.7. The summed E-state index contributed by atoms with van der Waals surface area (Å²) in [6.45, 7) is 9.36. The van der Waals surface area contributed by atoms with E-state index in [1.54, 1.807) is 22.1 Å². The number of nitrogens with zero attached hydrogens (tertiary/aromatic N) is 5. The Morgan fingerprint density at radius 2 is 1.65 bits per heavy atom. The molecule has 1 aliphatic heterocycles. The molecule has 40 heavy (non-hydrogen) atoms. The van der Waals surface area contributed by atoms with Gasteiger partial charge in [-0.2, -0.15) is 4.98 Å². The lowest BCUT2D eigenvalue weighted by Gasteiger charge is -2.35. The van der Waals surface area contributed by atoms with Crippen LogP contribution < -0.4 is 22.5 Å². The normalized spacial score (nSPS) is 20.1. The van der Waals surface area contributed by atoms with Gasteiger partial charge in [0.15, 0.2) is 0 Å². The van der Waals surface area contributed by atoms with E-state index in [0.717, 1.165) is 38.8 Å². The molecule has 1 saturated carbocycles. The van der Waals surface area contributed by atoms with E-state index in [9.17, 15) is 14.4 Å². The van der Waals surface area contributed by atoms with Crippen molar-refractivity contribution in [2.24, 2.45) is 11.5 Å². The summed E-state index contributed by atoms with van der Waals surface area (Å²) >= 11 is 0. The lowest BCUT2D eigenvalue weighted by atomic mass is 9.90. The largest absolute Gasteiger partial charge is 0.354 e. The molecular formula is C29H44N8O3. The van der Waals surface area contributed by atoms with E-state index in [2.05, 4.69) is 22.1 Å². The van der Waals surface area contributed by atoms with Gasteiger partial charge in [-0.15, -0.1) is 0 Å². The zero-order valence-corrected chi connectivity index (χ0v) is 24.0. The highest BCUT2D eigenvalue weighted by Gasteiger charge is 2.27. The first-order valence-electron chi connectivity index (χ1n) is 14.3. The number of benzene rings is 1. The molecule has 1 aliphatic carbocycles. The molecule has 11 nitrogen and oxygen atoms in total. The molecule has 0 spiro atoms. The Morgan fingerprint density at radius 3 is 2.23 bits per heavy atom. The van der Waals surface area contributed by atoms with Crippen molar-refractivity contribution in [1.82, 2.24) is 24.3 Å². The number of nitrogens with one attached hydrogen (secondary N) is 1. The van der Waals surface area contributed by atoms with E-state index >= 15 is 0 Å². The highest BCUT2D eigenvalue weighted by atomic mass is 16.2. The number of piperazine rings is 1. The van der Waals surface area contributed by atoms with E-state index in [4.69, 9.17) is 11.5 Å². The van der Waals surface area contributed by atoms with Gasteiger partial charge >= 0.3 is 11.7 Å². The second-order valence-electron chi connectivity index (χ2n) is 11.7. The smallest absolute Gasteiger partial charge is 0.339 e. The van der Waals surface area contributed by atoms with E-state index < -0.39 is 11.2 Å². The average molecular weight is 553 g/mol. The third-order valence-electron chi connectivity index (χ3n) is 7.83. The van der Waals surface area contributed by atoms with Crippen LogP contribution in [0.25, 0.3) is 5.69 Å². The highest BCUT2D eigenvalue weighted by molar-refractivity contribution is 5.88. The molecule has 0 radical (unpaired) electrons. The second-order valence-corrected chi connectivity index (χ2v) is 11.7. The summed E-state index contributed by atoms with van der Waals surface area (Å²) in [6, 6.07) is 10.1. The topological polar surface area (TPSA) is 143 Å². The summed E-state index contributed by atoms with van der Waals surface area (Å²) in [4.78, 5) is 47.9. The first-order chi connectivity index (χ1) is 19.0. The molecule has 218 valence electrons. The summed E-state index contributed by atoms with van der Waals surface area (Å²) in [5.41, 5.74) is 12.9. The van der Waals surface area contributed by atoms with Crippen molar-refractivity contribution in [3.63, 3.8) is 0 Å². The summed E-state index contributed by atoms with van der Waals surface area (Å²) < 4.78 is 1.46. The number of nitrogens with two attached hydrogens (primary N) is 2. The van der Waals surface area contributed by atoms with Crippen LogP contribution in [0.2, 0.25) is 0 Å². The molecule has 2 aliphatic rings. The maximum atomic E-state index is 12.8. The van der Waals surface area contributed by atoms with E-state index in [1.165, 1.54) is 10.1 Å². The van der Waals surface area contributed by atoms with Gasteiger partial charge in [-0.05, 0) is 69.8 Å². The Balaban J connectivity index is 1.31. The Hall–Kier alpha value is -3.28. The van der Waals surface area contributed by atoms with Crippen LogP contribution in [0.3, 0.4) is 0 Å². The summed E-state index contributed by atoms with van der Waals surface area (Å²) in [6.07, 6.45) is 6.32. The van der Waals surface area contributed by atoms with Gasteiger partial charge in [0.25, 0.3) is 0 Å². The van der Waals surface area contributed by atoms with E-state index in [-0.39, 0.29) is 24.2 Å². The molecule has 2 fully saturated rings. The van der Waals surface area contributed by atoms with Gasteiger partial charge < -0.3 is 21.3 Å². The number of carbonyl (C=O) groups excluding carboxylic acids is 2. The van der Waals surface area contributed by atoms with Gasteiger partial charge in [0.1, 0.15) is 5.82 Å². The van der Waals surface area contributed by atoms with Crippen LogP contribution in [-0.4, -0.2) is 86.5 Å². The number of anilines is 1. The fraction of sp³-hybridized carbons (Fsp3) is 0.586. The number of carbonyl (C=O) groups is 2. The predicted octanol–water partition coefficient (Wildman–Crippen LogP) is 2.13. The minimum Gasteiger partial charge on any atom is -0.339 e. The minimum absolute atomic E-state index is 0.0111. The molecule has 1 saturated heterocycles. The zero-order valence-electron chi connectivity index (χ0n) is 24.0. The first-order valence-corrected chi connectivity index (χ1v) is 14.3. The molecule has 0 atom stereocenters. The van der Waals surface area contributed by atoms with Gasteiger partial charge in [0, 0.05) is 63.0 Å². The molecule has 5 N–H and O–H groups in total. The van der Waals surface area contributed by atoms with Crippen LogP contribution >= 0.6 is 0 Å². The van der Waals surface area contributed by atoms with Crippen molar-refractivity contribution in [3.8, 4) is 5.69 Å². The van der Waals surface area contributed by atoms with Crippen molar-refractivity contribution in [2.75, 3.05) is 38.0 Å². The monoisotopic (exact) mass is 552 g/mol. The Morgan fingerprint density at radius 1 is 1.02 bits per heavy atom. The molecule has 2 heterocycles. The van der Waals surface area contributed by atoms with Crippen molar-refractivity contribution in [2.45, 2.75) is 77.0 Å². The maximum Gasteiger partial charge on any atom is 0.354 e. The average Bonchev–Trinajstić information content (AvgIpc) is 2.92. The Kier molecular flexibility index (Phi) is 9.60. The standard InChI is InChI=1S/C29H44N8O3/c1-4-34(23-11-7-22(30)8-12-23)20-21-5-9-24(10-6-21)37-14-13-25(33-28(37)40)32-27(39)36-17-15-35(16-18-36)26(38)19-29(2,3)31/h5-6,9-10,13-14,22-23H,4,7-8,11-12,15-20,30-31H2,1-3H3,(H,32,33,39,40). The molecule has 1 aromatic heterocycles. The molecule has 11 heteroatoms. The fourth-order valence-electron chi connectivity index (χ4n) is 5.48. The highest BCUT2D eigenvalue weighted by Crippen LogP contribution is 2.24. The van der Waals surface area contributed by atoms with Gasteiger partial charge in [-0.25, -0.2) is 9.59 Å². The molecule has 4 rings (SSSR count). The molecule has 0 bridgehead atoms. The zero-order chi connectivity index (χ0) is 28.9. The number of hydrogen-bond acceptors (Lipinski definition) is 7. The number of urea groups is 1. The van der Waals surface area contributed by atoms with Gasteiger partial charge in [-0.1, -0.05) is 19.1 Å². The van der Waals surface area contributed by atoms with Crippen molar-refractivity contribution in [1.29, 1.82) is 0 Å². The van der Waals surface area contributed by atoms with Crippen LogP contribution in [-0.2, 0) is 11.3 Å². The van der Waals surface area contributed by atoms with Crippen molar-refractivity contribution < 1.29 is 9.59 Å². The third-order valence-corrected chi connectivity index (χ3v) is 7.83. The Labute approximate surface area is 236 Å². The molecule has 1 aromatic carbocycles. The van der Waals surface area contributed by atoms with Gasteiger partial charge in [0.05, 0.1) is 5.69 Å². The number of rotatable bonds is 8. The second kappa shape index (κ2) is 12.9. The fourth-order valence-corrected chi connectivity index (χ4v) is 5.48. The quantitative estimate of drug-likeness (QED) is 0.455. The van der Waals surface area contributed by atoms with Crippen molar-refractivity contribution in [3.05, 3.63) is 52.6 Å². The SMILES string of the molecule is CCN(Cc1ccc(-n2ccc(NC(=O)N3CCN(C(=O)CC(C)(C)N)CC3)nc2=O)cc1)C1CCC(N)CC1. The number of hydrogen-bond donors (Lipinski definition) is 3. The predicted molar refractivity (Wildman–Crippen MR) is 156 cm³/mol. The minimum atomic E-state index is -0.570. The lowest BCUT2D eigenvalue weighted by Crippen LogP contribution is -2.53. The van der Waals surface area contributed by atoms with Gasteiger partial charge in [0.2, 0.25) is 5.91 Å². The molecule has 3 amide bonds. The molecule has 0 unspecified atom stereocenters. The lowest BCUT2D eigenvalue weighted by molar-refractivity contribution is -0.133. The van der Waals surface area contributed by atoms with Gasteiger partial charge in [-0.3, -0.25) is 19.6 Å². The molecule has 2 aromatic rings. The maximum absolute atomic E-state index is 12.8. The Bertz CT molecular complexity index is 1210. The summed E-state index contributed by atoms with van der Waals surface area (Å²) in [5, 5.41) is 2.71. The van der Waals surface area contributed by atoms with Crippen LogP contribution in [0, 0.1) is 0 Å².